The number of benzene rings is 1. The molecule has 0 saturated carbocycles. The van der Waals surface area contributed by atoms with Crippen LogP contribution in [0, 0.1) is 0 Å². The van der Waals surface area contributed by atoms with E-state index in [9.17, 15) is 4.79 Å². The molecule has 0 aliphatic carbocycles. The lowest BCUT2D eigenvalue weighted by Gasteiger charge is -1.98. The number of primary amides is 1. The standard InChI is InChI=1S/C11H9NO2/c12-11(13)9-6-7-14-10(9)8-4-2-1-3-5-8/h1-7H,(H2,12,13). The lowest BCUT2D eigenvalue weighted by atomic mass is 10.1. The molecule has 1 amide bonds. The lowest BCUT2D eigenvalue weighted by molar-refractivity contribution is 0.100. The molecule has 0 aliphatic heterocycles. The van der Waals surface area contributed by atoms with E-state index in [-0.39, 0.29) is 0 Å². The van der Waals surface area contributed by atoms with Crippen molar-refractivity contribution < 1.29 is 9.21 Å². The van der Waals surface area contributed by atoms with Crippen molar-refractivity contribution >= 4 is 5.91 Å². The van der Waals surface area contributed by atoms with E-state index in [0.717, 1.165) is 5.56 Å². The largest absolute Gasteiger partial charge is 0.464 e. The number of nitrogens with two attached hydrogens (primary N) is 1. The van der Waals surface area contributed by atoms with E-state index >= 15 is 0 Å². The number of rotatable bonds is 2. The Balaban J connectivity index is 2.52. The first-order chi connectivity index (χ1) is 6.79. The summed E-state index contributed by atoms with van der Waals surface area (Å²) in [4.78, 5) is 11.0. The molecular formula is C11H9NO2. The van der Waals surface area contributed by atoms with Gasteiger partial charge in [0.25, 0.3) is 5.91 Å². The van der Waals surface area contributed by atoms with E-state index in [1.165, 1.54) is 6.26 Å². The highest BCUT2D eigenvalue weighted by Gasteiger charge is 2.12. The van der Waals surface area contributed by atoms with E-state index in [1.807, 2.05) is 30.3 Å². The average Bonchev–Trinajstić information content (AvgIpc) is 2.67. The van der Waals surface area contributed by atoms with Crippen molar-refractivity contribution in [2.24, 2.45) is 5.73 Å². The van der Waals surface area contributed by atoms with E-state index < -0.39 is 5.91 Å². The van der Waals surface area contributed by atoms with Crippen LogP contribution < -0.4 is 5.73 Å². The van der Waals surface area contributed by atoms with E-state index in [2.05, 4.69) is 0 Å². The topological polar surface area (TPSA) is 56.2 Å². The van der Waals surface area contributed by atoms with Gasteiger partial charge in [0.2, 0.25) is 0 Å². The fourth-order valence-corrected chi connectivity index (χ4v) is 1.32. The van der Waals surface area contributed by atoms with Crippen molar-refractivity contribution in [1.82, 2.24) is 0 Å². The Labute approximate surface area is 81.1 Å². The summed E-state index contributed by atoms with van der Waals surface area (Å²) in [5.41, 5.74) is 6.46. The van der Waals surface area contributed by atoms with Gasteiger partial charge in [-0.25, -0.2) is 0 Å². The van der Waals surface area contributed by atoms with Crippen molar-refractivity contribution in [2.45, 2.75) is 0 Å². The van der Waals surface area contributed by atoms with Crippen LogP contribution in [0.15, 0.2) is 47.1 Å². The van der Waals surface area contributed by atoms with Crippen molar-refractivity contribution in [3.05, 3.63) is 48.2 Å². The van der Waals surface area contributed by atoms with Gasteiger partial charge in [0.05, 0.1) is 11.8 Å². The summed E-state index contributed by atoms with van der Waals surface area (Å²) in [5, 5.41) is 0. The molecule has 0 fully saturated rings. The van der Waals surface area contributed by atoms with Crippen LogP contribution in [0.3, 0.4) is 0 Å². The first kappa shape index (κ1) is 8.56. The molecule has 2 rings (SSSR count). The van der Waals surface area contributed by atoms with Crippen LogP contribution in [0.4, 0.5) is 0 Å². The Morgan fingerprint density at radius 2 is 1.86 bits per heavy atom. The zero-order valence-corrected chi connectivity index (χ0v) is 7.44. The van der Waals surface area contributed by atoms with Gasteiger partial charge < -0.3 is 10.2 Å². The fraction of sp³-hybridized carbons (Fsp3) is 0. The zero-order valence-electron chi connectivity index (χ0n) is 7.44. The van der Waals surface area contributed by atoms with Crippen LogP contribution in [0.25, 0.3) is 11.3 Å². The number of carbonyl (C=O) groups excluding carboxylic acids is 1. The normalized spacial score (nSPS) is 10.0. The molecule has 1 aromatic heterocycles. The predicted molar refractivity (Wildman–Crippen MR) is 52.7 cm³/mol. The van der Waals surface area contributed by atoms with Crippen molar-refractivity contribution in [3.63, 3.8) is 0 Å². The lowest BCUT2D eigenvalue weighted by Crippen LogP contribution is -2.10. The Kier molecular flexibility index (Phi) is 2.07. The third-order valence-electron chi connectivity index (χ3n) is 1.97. The maximum Gasteiger partial charge on any atom is 0.252 e. The van der Waals surface area contributed by atoms with Crippen molar-refractivity contribution in [3.8, 4) is 11.3 Å². The molecular weight excluding hydrogens is 178 g/mol. The van der Waals surface area contributed by atoms with Crippen molar-refractivity contribution in [2.75, 3.05) is 0 Å². The van der Waals surface area contributed by atoms with E-state index in [0.29, 0.717) is 11.3 Å². The predicted octanol–water partition coefficient (Wildman–Crippen LogP) is 2.05. The molecule has 0 bridgehead atoms. The zero-order chi connectivity index (χ0) is 9.97. The van der Waals surface area contributed by atoms with Crippen LogP contribution in [-0.4, -0.2) is 5.91 Å². The molecule has 0 saturated heterocycles. The Bertz CT molecular complexity index is 445. The number of furan rings is 1. The van der Waals surface area contributed by atoms with Crippen LogP contribution in [-0.2, 0) is 0 Å². The molecule has 2 N–H and O–H groups in total. The van der Waals surface area contributed by atoms with Gasteiger partial charge in [0.1, 0.15) is 5.76 Å². The van der Waals surface area contributed by atoms with Gasteiger partial charge in [0.15, 0.2) is 0 Å². The number of hydrogen-bond acceptors (Lipinski definition) is 2. The maximum atomic E-state index is 11.0. The van der Waals surface area contributed by atoms with E-state index in [4.69, 9.17) is 10.2 Å². The molecule has 14 heavy (non-hydrogen) atoms. The molecule has 1 aromatic carbocycles. The molecule has 2 aromatic rings. The van der Waals surface area contributed by atoms with Crippen molar-refractivity contribution in [1.29, 1.82) is 0 Å². The minimum absolute atomic E-state index is 0.413. The number of hydrogen-bond donors (Lipinski definition) is 1. The minimum atomic E-state index is -0.474. The van der Waals surface area contributed by atoms with Gasteiger partial charge in [-0.15, -0.1) is 0 Å². The highest BCUT2D eigenvalue weighted by atomic mass is 16.3. The second-order valence-electron chi connectivity index (χ2n) is 2.89. The molecule has 3 heteroatoms. The van der Waals surface area contributed by atoms with E-state index in [1.54, 1.807) is 6.07 Å². The third-order valence-corrected chi connectivity index (χ3v) is 1.97. The van der Waals surface area contributed by atoms with Crippen LogP contribution >= 0.6 is 0 Å². The number of carbonyl (C=O) groups is 1. The van der Waals surface area contributed by atoms with Gasteiger partial charge in [-0.3, -0.25) is 4.79 Å². The fourth-order valence-electron chi connectivity index (χ4n) is 1.32. The van der Waals surface area contributed by atoms with Crippen LogP contribution in [0.5, 0.6) is 0 Å². The summed E-state index contributed by atoms with van der Waals surface area (Å²) in [6.07, 6.45) is 1.46. The molecule has 70 valence electrons. The van der Waals surface area contributed by atoms with Gasteiger partial charge in [-0.1, -0.05) is 30.3 Å². The first-order valence-corrected chi connectivity index (χ1v) is 4.22. The summed E-state index contributed by atoms with van der Waals surface area (Å²) in [6.45, 7) is 0. The highest BCUT2D eigenvalue weighted by molar-refractivity contribution is 5.98. The summed E-state index contributed by atoms with van der Waals surface area (Å²) >= 11 is 0. The Morgan fingerprint density at radius 3 is 2.50 bits per heavy atom. The SMILES string of the molecule is NC(=O)c1ccoc1-c1ccccc1. The monoisotopic (exact) mass is 187 g/mol. The summed E-state index contributed by atoms with van der Waals surface area (Å²) in [7, 11) is 0. The van der Waals surface area contributed by atoms with Gasteiger partial charge in [0, 0.05) is 5.56 Å². The molecule has 0 radical (unpaired) electrons. The average molecular weight is 187 g/mol. The Hall–Kier alpha value is -2.03. The number of amides is 1. The molecule has 0 unspecified atom stereocenters. The summed E-state index contributed by atoms with van der Waals surface area (Å²) in [6, 6.07) is 11.0. The highest BCUT2D eigenvalue weighted by Crippen LogP contribution is 2.23. The molecule has 0 atom stereocenters. The van der Waals surface area contributed by atoms with Gasteiger partial charge in [-0.2, -0.15) is 0 Å². The second-order valence-corrected chi connectivity index (χ2v) is 2.89. The first-order valence-electron chi connectivity index (χ1n) is 4.22. The maximum absolute atomic E-state index is 11.0. The summed E-state index contributed by atoms with van der Waals surface area (Å²) < 4.78 is 5.21. The Morgan fingerprint density at radius 1 is 1.14 bits per heavy atom. The van der Waals surface area contributed by atoms with Gasteiger partial charge in [-0.05, 0) is 6.07 Å². The smallest absolute Gasteiger partial charge is 0.252 e. The molecule has 0 aliphatic rings. The molecule has 1 heterocycles. The van der Waals surface area contributed by atoms with Crippen LogP contribution in [0.2, 0.25) is 0 Å². The van der Waals surface area contributed by atoms with Crippen LogP contribution in [0.1, 0.15) is 10.4 Å². The molecule has 0 spiro atoms. The van der Waals surface area contributed by atoms with Gasteiger partial charge >= 0.3 is 0 Å². The third kappa shape index (κ3) is 1.40. The minimum Gasteiger partial charge on any atom is -0.464 e. The molecule has 3 nitrogen and oxygen atoms in total. The summed E-state index contributed by atoms with van der Waals surface area (Å²) in [5.74, 6) is 0.0516. The second kappa shape index (κ2) is 3.38. The quantitative estimate of drug-likeness (QED) is 0.782.